The van der Waals surface area contributed by atoms with Crippen molar-refractivity contribution in [3.8, 4) is 0 Å². The molecule has 0 amide bonds. The molecule has 2 N–H and O–H groups in total. The van der Waals surface area contributed by atoms with Crippen LogP contribution < -0.4 is 5.32 Å². The molecule has 1 rings (SSSR count). The number of unbranched alkanes of at least 4 members (excludes halogenated alkanes) is 1. The molecule has 0 spiro atoms. The maximum Gasteiger partial charge on any atom is 0.0897 e. The number of aliphatic hydroxyl groups excluding tert-OH is 1. The van der Waals surface area contributed by atoms with Gasteiger partial charge < -0.3 is 24.8 Å². The zero-order chi connectivity index (χ0) is 15.2. The van der Waals surface area contributed by atoms with Crippen molar-refractivity contribution in [1.82, 2.24) is 10.2 Å². The lowest BCUT2D eigenvalue weighted by Gasteiger charge is -2.15. The number of ether oxygens (including phenoxy) is 2. The van der Waals surface area contributed by atoms with E-state index in [2.05, 4.69) is 17.1 Å². The summed E-state index contributed by atoms with van der Waals surface area (Å²) in [6.07, 6.45) is 5.69. The van der Waals surface area contributed by atoms with Crippen LogP contribution in [0.2, 0.25) is 0 Å². The molecule has 0 bridgehead atoms. The number of hydrogen-bond donors (Lipinski definition) is 2. The van der Waals surface area contributed by atoms with Gasteiger partial charge in [0.15, 0.2) is 0 Å². The van der Waals surface area contributed by atoms with Crippen molar-refractivity contribution in [2.24, 2.45) is 0 Å². The molecule has 1 fully saturated rings. The van der Waals surface area contributed by atoms with Gasteiger partial charge in [0.05, 0.1) is 25.9 Å². The van der Waals surface area contributed by atoms with E-state index < -0.39 is 6.10 Å². The first kappa shape index (κ1) is 18.8. The van der Waals surface area contributed by atoms with Crippen LogP contribution >= 0.6 is 0 Å². The zero-order valence-corrected chi connectivity index (χ0v) is 13.7. The van der Waals surface area contributed by atoms with E-state index in [-0.39, 0.29) is 0 Å². The molecule has 5 nitrogen and oxygen atoms in total. The highest BCUT2D eigenvalue weighted by Crippen LogP contribution is 2.06. The standard InChI is InChI=1S/C16H34N2O3/c1-2-3-11-20-12-13-21-15-16(19)14-17-7-6-10-18-8-4-5-9-18/h16-17,19H,2-15H2,1H3. The van der Waals surface area contributed by atoms with Crippen molar-refractivity contribution in [1.29, 1.82) is 0 Å². The average molecular weight is 302 g/mol. The summed E-state index contributed by atoms with van der Waals surface area (Å²) in [6.45, 7) is 9.80. The Balaban J connectivity index is 1.77. The molecule has 1 heterocycles. The summed E-state index contributed by atoms with van der Waals surface area (Å²) in [5, 5.41) is 13.1. The minimum Gasteiger partial charge on any atom is -0.389 e. The minimum absolute atomic E-state index is 0.385. The summed E-state index contributed by atoms with van der Waals surface area (Å²) < 4.78 is 10.8. The molecule has 126 valence electrons. The first-order chi connectivity index (χ1) is 10.3. The van der Waals surface area contributed by atoms with Crippen LogP contribution in [0.3, 0.4) is 0 Å². The van der Waals surface area contributed by atoms with E-state index in [4.69, 9.17) is 9.47 Å². The van der Waals surface area contributed by atoms with Crippen LogP contribution in [0.25, 0.3) is 0 Å². The van der Waals surface area contributed by atoms with Crippen molar-refractivity contribution in [2.75, 3.05) is 59.2 Å². The van der Waals surface area contributed by atoms with E-state index in [0.29, 0.717) is 26.4 Å². The van der Waals surface area contributed by atoms with Gasteiger partial charge in [-0.2, -0.15) is 0 Å². The molecule has 1 atom stereocenters. The van der Waals surface area contributed by atoms with Gasteiger partial charge in [0.1, 0.15) is 0 Å². The highest BCUT2D eigenvalue weighted by atomic mass is 16.5. The Morgan fingerprint density at radius 1 is 1.10 bits per heavy atom. The van der Waals surface area contributed by atoms with Crippen molar-refractivity contribution in [3.05, 3.63) is 0 Å². The normalized spacial score (nSPS) is 17.4. The first-order valence-electron chi connectivity index (χ1n) is 8.59. The smallest absolute Gasteiger partial charge is 0.0897 e. The maximum absolute atomic E-state index is 9.76. The Labute approximate surface area is 130 Å². The van der Waals surface area contributed by atoms with Gasteiger partial charge in [-0.1, -0.05) is 13.3 Å². The molecule has 0 aromatic rings. The number of nitrogens with zero attached hydrogens (tertiary/aromatic N) is 1. The Morgan fingerprint density at radius 2 is 1.86 bits per heavy atom. The van der Waals surface area contributed by atoms with E-state index in [1.165, 1.54) is 32.5 Å². The van der Waals surface area contributed by atoms with Crippen molar-refractivity contribution >= 4 is 0 Å². The largest absolute Gasteiger partial charge is 0.389 e. The number of likely N-dealkylation sites (tertiary alicyclic amines) is 1. The van der Waals surface area contributed by atoms with Crippen LogP contribution in [0.5, 0.6) is 0 Å². The predicted octanol–water partition coefficient (Wildman–Crippen LogP) is 1.26. The quantitative estimate of drug-likeness (QED) is 0.473. The summed E-state index contributed by atoms with van der Waals surface area (Å²) in [5.41, 5.74) is 0. The third-order valence-electron chi connectivity index (χ3n) is 3.73. The fourth-order valence-corrected chi connectivity index (χ4v) is 2.45. The summed E-state index contributed by atoms with van der Waals surface area (Å²) in [7, 11) is 0. The SMILES string of the molecule is CCCCOCCOCC(O)CNCCCN1CCCC1. The van der Waals surface area contributed by atoms with Crippen LogP contribution in [0.1, 0.15) is 39.0 Å². The van der Waals surface area contributed by atoms with Crippen molar-refractivity contribution in [3.63, 3.8) is 0 Å². The molecular formula is C16H34N2O3. The van der Waals surface area contributed by atoms with Gasteiger partial charge in [-0.3, -0.25) is 0 Å². The van der Waals surface area contributed by atoms with Gasteiger partial charge in [-0.25, -0.2) is 0 Å². The van der Waals surface area contributed by atoms with Gasteiger partial charge >= 0.3 is 0 Å². The second-order valence-electron chi connectivity index (χ2n) is 5.80. The first-order valence-corrected chi connectivity index (χ1v) is 8.59. The van der Waals surface area contributed by atoms with Crippen LogP contribution in [0.15, 0.2) is 0 Å². The molecule has 0 aromatic carbocycles. The molecule has 21 heavy (non-hydrogen) atoms. The van der Waals surface area contributed by atoms with E-state index in [0.717, 1.165) is 32.4 Å². The Hall–Kier alpha value is -0.200. The Morgan fingerprint density at radius 3 is 2.62 bits per heavy atom. The minimum atomic E-state index is -0.424. The van der Waals surface area contributed by atoms with Crippen LogP contribution in [0.4, 0.5) is 0 Å². The van der Waals surface area contributed by atoms with Crippen LogP contribution in [-0.4, -0.2) is 75.3 Å². The third kappa shape index (κ3) is 11.1. The van der Waals surface area contributed by atoms with Gasteiger partial charge in [0.25, 0.3) is 0 Å². The van der Waals surface area contributed by atoms with Gasteiger partial charge in [0.2, 0.25) is 0 Å². The second kappa shape index (κ2) is 13.5. The Bertz CT molecular complexity index is 224. The molecule has 0 aromatic heterocycles. The second-order valence-corrected chi connectivity index (χ2v) is 5.80. The van der Waals surface area contributed by atoms with E-state index >= 15 is 0 Å². The molecule has 0 radical (unpaired) electrons. The molecule has 1 unspecified atom stereocenters. The van der Waals surface area contributed by atoms with Crippen LogP contribution in [0, 0.1) is 0 Å². The summed E-state index contributed by atoms with van der Waals surface area (Å²) in [5.74, 6) is 0. The average Bonchev–Trinajstić information content (AvgIpc) is 2.99. The molecular weight excluding hydrogens is 268 g/mol. The fraction of sp³-hybridized carbons (Fsp3) is 1.00. The van der Waals surface area contributed by atoms with E-state index in [9.17, 15) is 5.11 Å². The molecule has 0 aliphatic carbocycles. The predicted molar refractivity (Wildman–Crippen MR) is 85.7 cm³/mol. The number of aliphatic hydroxyl groups is 1. The van der Waals surface area contributed by atoms with Crippen molar-refractivity contribution in [2.45, 2.75) is 45.1 Å². The number of hydrogen-bond acceptors (Lipinski definition) is 5. The topological polar surface area (TPSA) is 54.0 Å². The zero-order valence-electron chi connectivity index (χ0n) is 13.7. The van der Waals surface area contributed by atoms with Crippen molar-refractivity contribution < 1.29 is 14.6 Å². The Kier molecular flexibility index (Phi) is 12.1. The lowest BCUT2D eigenvalue weighted by Crippen LogP contribution is -2.32. The maximum atomic E-state index is 9.76. The van der Waals surface area contributed by atoms with E-state index in [1.807, 2.05) is 0 Å². The molecule has 1 saturated heterocycles. The third-order valence-corrected chi connectivity index (χ3v) is 3.73. The molecule has 1 aliphatic rings. The molecule has 1 aliphatic heterocycles. The summed E-state index contributed by atoms with van der Waals surface area (Å²) in [6, 6.07) is 0. The summed E-state index contributed by atoms with van der Waals surface area (Å²) in [4.78, 5) is 2.51. The van der Waals surface area contributed by atoms with E-state index in [1.54, 1.807) is 0 Å². The number of nitrogens with one attached hydrogen (secondary N) is 1. The lowest BCUT2D eigenvalue weighted by molar-refractivity contribution is 0.00394. The monoisotopic (exact) mass is 302 g/mol. The fourth-order valence-electron chi connectivity index (χ4n) is 2.45. The van der Waals surface area contributed by atoms with Gasteiger partial charge in [-0.15, -0.1) is 0 Å². The number of rotatable bonds is 14. The van der Waals surface area contributed by atoms with Gasteiger partial charge in [-0.05, 0) is 51.9 Å². The summed E-state index contributed by atoms with van der Waals surface area (Å²) >= 11 is 0. The highest BCUT2D eigenvalue weighted by molar-refractivity contribution is 4.66. The lowest BCUT2D eigenvalue weighted by atomic mass is 10.3. The van der Waals surface area contributed by atoms with Crippen LogP contribution in [-0.2, 0) is 9.47 Å². The molecule has 0 saturated carbocycles. The van der Waals surface area contributed by atoms with Gasteiger partial charge in [0, 0.05) is 13.2 Å². The molecule has 5 heteroatoms. The highest BCUT2D eigenvalue weighted by Gasteiger charge is 2.10.